The molecule has 0 aliphatic carbocycles. The van der Waals surface area contributed by atoms with Gasteiger partial charge in [-0.05, 0) is 24.7 Å². The van der Waals surface area contributed by atoms with Crippen LogP contribution in [0, 0.1) is 0 Å². The summed E-state index contributed by atoms with van der Waals surface area (Å²) < 4.78 is 0. The summed E-state index contributed by atoms with van der Waals surface area (Å²) in [6.45, 7) is 0.226. The smallest absolute Gasteiger partial charge is 0.258 e. The van der Waals surface area contributed by atoms with Gasteiger partial charge < -0.3 is 15.5 Å². The molecule has 18 heavy (non-hydrogen) atoms. The molecule has 6 heteroatoms. The van der Waals surface area contributed by atoms with Crippen molar-refractivity contribution in [2.75, 3.05) is 13.6 Å². The number of hydrogen-bond donors (Lipinski definition) is 4. The van der Waals surface area contributed by atoms with Gasteiger partial charge in [0.1, 0.15) is 6.10 Å². The van der Waals surface area contributed by atoms with E-state index >= 15 is 0 Å². The lowest BCUT2D eigenvalue weighted by Gasteiger charge is -2.18. The van der Waals surface area contributed by atoms with E-state index in [9.17, 15) is 19.8 Å². The lowest BCUT2D eigenvalue weighted by atomic mass is 9.99. The Hall–Kier alpha value is -1.76. The fraction of sp³-hybridized carbons (Fsp3) is 0.333. The highest BCUT2D eigenvalue weighted by Gasteiger charge is 2.28. The number of likely N-dealkylation sites (N-methyl/N-ethyl adjacent to an activating group) is 1. The molecule has 2 unspecified atom stereocenters. The zero-order valence-electron chi connectivity index (χ0n) is 9.80. The Morgan fingerprint density at radius 3 is 2.56 bits per heavy atom. The highest BCUT2D eigenvalue weighted by molar-refractivity contribution is 6.21. The van der Waals surface area contributed by atoms with Crippen LogP contribution < -0.4 is 10.6 Å². The molecule has 4 N–H and O–H groups in total. The summed E-state index contributed by atoms with van der Waals surface area (Å²) in [6.07, 6.45) is -2.08. The molecule has 2 atom stereocenters. The van der Waals surface area contributed by atoms with E-state index in [1.165, 1.54) is 18.2 Å². The highest BCUT2D eigenvalue weighted by Crippen LogP contribution is 2.23. The topological polar surface area (TPSA) is 98.7 Å². The van der Waals surface area contributed by atoms with Crippen molar-refractivity contribution in [3.05, 3.63) is 34.9 Å². The molecular formula is C12H14N2O4. The van der Waals surface area contributed by atoms with Crippen LogP contribution in [0.2, 0.25) is 0 Å². The highest BCUT2D eigenvalue weighted by atomic mass is 16.3. The van der Waals surface area contributed by atoms with Crippen LogP contribution in [0.25, 0.3) is 0 Å². The molecular weight excluding hydrogens is 236 g/mol. The lowest BCUT2D eigenvalue weighted by molar-refractivity contribution is 0.0202. The first-order valence-corrected chi connectivity index (χ1v) is 5.55. The number of amides is 2. The molecule has 0 saturated carbocycles. The van der Waals surface area contributed by atoms with Crippen LogP contribution in [0.1, 0.15) is 32.4 Å². The minimum atomic E-state index is -1.11. The van der Waals surface area contributed by atoms with Crippen molar-refractivity contribution in [1.82, 2.24) is 10.6 Å². The van der Waals surface area contributed by atoms with Gasteiger partial charge in [-0.15, -0.1) is 0 Å². The SMILES string of the molecule is CNCC(O)C(O)c1ccc2c(c1)C(=O)NC2=O. The van der Waals surface area contributed by atoms with Crippen LogP contribution in [-0.4, -0.2) is 41.7 Å². The van der Waals surface area contributed by atoms with E-state index < -0.39 is 24.0 Å². The van der Waals surface area contributed by atoms with Gasteiger partial charge in [0.05, 0.1) is 17.2 Å². The Morgan fingerprint density at radius 2 is 1.89 bits per heavy atom. The summed E-state index contributed by atoms with van der Waals surface area (Å²) in [4.78, 5) is 22.8. The quantitative estimate of drug-likeness (QED) is 0.524. The average molecular weight is 250 g/mol. The van der Waals surface area contributed by atoms with Gasteiger partial charge in [-0.25, -0.2) is 0 Å². The Labute approximate surface area is 104 Å². The second-order valence-corrected chi connectivity index (χ2v) is 4.16. The van der Waals surface area contributed by atoms with E-state index in [1.807, 2.05) is 0 Å². The van der Waals surface area contributed by atoms with Gasteiger partial charge in [-0.3, -0.25) is 14.9 Å². The first kappa shape index (κ1) is 12.7. The van der Waals surface area contributed by atoms with Gasteiger partial charge >= 0.3 is 0 Å². The second-order valence-electron chi connectivity index (χ2n) is 4.16. The molecule has 1 aliphatic heterocycles. The Kier molecular flexibility index (Phi) is 3.42. The van der Waals surface area contributed by atoms with Gasteiger partial charge in [-0.1, -0.05) is 6.07 Å². The maximum Gasteiger partial charge on any atom is 0.258 e. The van der Waals surface area contributed by atoms with Gasteiger partial charge in [0.2, 0.25) is 0 Å². The van der Waals surface area contributed by atoms with E-state index in [4.69, 9.17) is 0 Å². The minimum absolute atomic E-state index is 0.226. The molecule has 2 rings (SSSR count). The van der Waals surface area contributed by atoms with Crippen molar-refractivity contribution in [2.45, 2.75) is 12.2 Å². The number of nitrogens with one attached hydrogen (secondary N) is 2. The molecule has 1 aromatic carbocycles. The van der Waals surface area contributed by atoms with Gasteiger partial charge in [0, 0.05) is 6.54 Å². The molecule has 0 saturated heterocycles. The summed E-state index contributed by atoms with van der Waals surface area (Å²) in [5.41, 5.74) is 0.925. The third-order valence-electron chi connectivity index (χ3n) is 2.88. The van der Waals surface area contributed by atoms with Gasteiger partial charge in [0.25, 0.3) is 11.8 Å². The molecule has 0 aromatic heterocycles. The number of hydrogen-bond acceptors (Lipinski definition) is 5. The number of fused-ring (bicyclic) bond motifs is 1. The van der Waals surface area contributed by atoms with Crippen LogP contribution in [0.5, 0.6) is 0 Å². The fourth-order valence-corrected chi connectivity index (χ4v) is 1.91. The number of carbonyl (C=O) groups excluding carboxylic acids is 2. The summed E-state index contributed by atoms with van der Waals surface area (Å²) in [5, 5.41) is 24.5. The van der Waals surface area contributed by atoms with Crippen LogP contribution in [-0.2, 0) is 0 Å². The predicted octanol–water partition coefficient (Wildman–Crippen LogP) is -0.816. The summed E-state index contributed by atoms with van der Waals surface area (Å²) in [6, 6.07) is 4.43. The number of aliphatic hydroxyl groups is 2. The molecule has 1 aromatic rings. The number of rotatable bonds is 4. The molecule has 2 amide bonds. The normalized spacial score (nSPS) is 17.3. The summed E-state index contributed by atoms with van der Waals surface area (Å²) in [5.74, 6) is -0.918. The molecule has 0 bridgehead atoms. The minimum Gasteiger partial charge on any atom is -0.389 e. The maximum atomic E-state index is 11.5. The van der Waals surface area contributed by atoms with Crippen molar-refractivity contribution in [1.29, 1.82) is 0 Å². The predicted molar refractivity (Wildman–Crippen MR) is 63.1 cm³/mol. The second kappa shape index (κ2) is 4.85. The third-order valence-corrected chi connectivity index (χ3v) is 2.88. The van der Waals surface area contributed by atoms with E-state index in [1.54, 1.807) is 7.05 Å². The van der Waals surface area contributed by atoms with Crippen molar-refractivity contribution in [3.63, 3.8) is 0 Å². The van der Waals surface area contributed by atoms with Crippen LogP contribution in [0.4, 0.5) is 0 Å². The van der Waals surface area contributed by atoms with Crippen LogP contribution in [0.15, 0.2) is 18.2 Å². The monoisotopic (exact) mass is 250 g/mol. The lowest BCUT2D eigenvalue weighted by Crippen LogP contribution is -2.29. The van der Waals surface area contributed by atoms with E-state index in [-0.39, 0.29) is 12.1 Å². The number of imide groups is 1. The third kappa shape index (κ3) is 2.13. The molecule has 1 aliphatic rings. The summed E-state index contributed by atoms with van der Waals surface area (Å²) >= 11 is 0. The number of aliphatic hydroxyl groups excluding tert-OH is 2. The van der Waals surface area contributed by atoms with E-state index in [2.05, 4.69) is 10.6 Å². The average Bonchev–Trinajstić information content (AvgIpc) is 2.64. The summed E-state index contributed by atoms with van der Waals surface area (Å²) in [7, 11) is 1.66. The largest absolute Gasteiger partial charge is 0.389 e. The Bertz CT molecular complexity index is 501. The fourth-order valence-electron chi connectivity index (χ4n) is 1.91. The Balaban J connectivity index is 2.29. The van der Waals surface area contributed by atoms with Crippen LogP contribution in [0.3, 0.4) is 0 Å². The molecule has 0 radical (unpaired) electrons. The zero-order chi connectivity index (χ0) is 13.3. The molecule has 6 nitrogen and oxygen atoms in total. The van der Waals surface area contributed by atoms with Crippen molar-refractivity contribution < 1.29 is 19.8 Å². The standard InChI is InChI=1S/C12H14N2O4/c1-13-5-9(15)10(16)6-2-3-7-8(4-6)12(18)14-11(7)17/h2-4,9-10,13,15-16H,5H2,1H3,(H,14,17,18). The molecule has 0 spiro atoms. The Morgan fingerprint density at radius 1 is 1.22 bits per heavy atom. The number of benzene rings is 1. The van der Waals surface area contributed by atoms with Gasteiger partial charge in [0.15, 0.2) is 0 Å². The number of carbonyl (C=O) groups is 2. The van der Waals surface area contributed by atoms with E-state index in [0.29, 0.717) is 11.1 Å². The van der Waals surface area contributed by atoms with E-state index in [0.717, 1.165) is 0 Å². The van der Waals surface area contributed by atoms with Crippen LogP contribution >= 0.6 is 0 Å². The molecule has 96 valence electrons. The first-order valence-electron chi connectivity index (χ1n) is 5.55. The van der Waals surface area contributed by atoms with Crippen molar-refractivity contribution in [3.8, 4) is 0 Å². The van der Waals surface area contributed by atoms with Crippen molar-refractivity contribution in [2.24, 2.45) is 0 Å². The van der Waals surface area contributed by atoms with Gasteiger partial charge in [-0.2, -0.15) is 0 Å². The maximum absolute atomic E-state index is 11.5. The first-order chi connectivity index (χ1) is 8.54. The molecule has 1 heterocycles. The molecule has 0 fully saturated rings. The zero-order valence-corrected chi connectivity index (χ0v) is 9.80. The van der Waals surface area contributed by atoms with Crippen molar-refractivity contribution >= 4 is 11.8 Å².